The third-order valence-electron chi connectivity index (χ3n) is 15.1. The number of aromatic nitrogens is 3. The van der Waals surface area contributed by atoms with Crippen molar-refractivity contribution in [3.63, 3.8) is 0 Å². The third kappa shape index (κ3) is 11.2. The summed E-state index contributed by atoms with van der Waals surface area (Å²) in [6.07, 6.45) is 23.9. The molecule has 0 spiro atoms. The van der Waals surface area contributed by atoms with Gasteiger partial charge in [0, 0.05) is 91.0 Å². The van der Waals surface area contributed by atoms with Crippen LogP contribution in [0.4, 0.5) is 22.7 Å². The number of para-hydroxylation sites is 5. The Morgan fingerprint density at radius 3 is 1.87 bits per heavy atom. The average Bonchev–Trinajstić information content (AvgIpc) is 1.57. The molecule has 11 heteroatoms. The number of imidazole rings is 1. The molecule has 2 radical (unpaired) electrons. The van der Waals surface area contributed by atoms with Crippen molar-refractivity contribution in [1.82, 2.24) is 24.8 Å². The molecule has 0 atom stereocenters. The third-order valence-corrected chi connectivity index (χ3v) is 15.1. The molecule has 0 amide bonds. The Balaban J connectivity index is 0.00000850. The molecule has 0 bridgehead atoms. The molecule has 5 heterocycles. The molecule has 2 N–H and O–H groups in total. The molecule has 3 aliphatic rings. The molecule has 420 valence electrons. The minimum Gasteiger partial charge on any atom is -0.509 e. The van der Waals surface area contributed by atoms with Crippen molar-refractivity contribution < 1.29 is 35.4 Å². The number of anilines is 4. The van der Waals surface area contributed by atoms with Gasteiger partial charge in [-0.2, -0.15) is 6.07 Å². The number of nitrogens with one attached hydrogen (secondary N) is 2. The van der Waals surface area contributed by atoms with Gasteiger partial charge in [0.15, 0.2) is 14.6 Å². The molecule has 3 aliphatic heterocycles. The molecule has 2 aromatic heterocycles. The van der Waals surface area contributed by atoms with Crippen molar-refractivity contribution in [2.24, 2.45) is 6.98 Å². The maximum absolute atomic E-state index is 9.34. The summed E-state index contributed by atoms with van der Waals surface area (Å²) in [5.41, 5.74) is 12.9. The van der Waals surface area contributed by atoms with E-state index < -0.39 is 19.1 Å². The standard InChI is InChI=1S/C73H68B2N7O.Pt/c1-71(2,3)50-44-56(60-27-22-40-76-38-19-17-36-74-60)69(57(45-50)61-28-23-41-77-39-20-18-37-75-61)81-48-80(65-32-15-16-33-66(65)81)51-42-49(68-58(72(4,5)6)25-21-26-59(68)73(7,8)9)43-53(46-51)83-52-34-35-55-54-24-11-13-30-63(54)82(67(55)47-52)70-78-62-29-12-14-31-64(62)79(70)10;/h11-45,48,76-77H,1-10H3;/q-3;/b36-17-,37-18-,38-19-,39-20-,40-22-,41-23-,60-27-,61-28-;/i10D3,11D,13D,24D,30D;. The average molecular weight is 1280 g/mol. The van der Waals surface area contributed by atoms with E-state index in [0.29, 0.717) is 27.9 Å². The summed E-state index contributed by atoms with van der Waals surface area (Å²) in [7, 11) is 4.31. The normalized spacial score (nSPS) is 19.5. The van der Waals surface area contributed by atoms with E-state index >= 15 is 0 Å². The largest absolute Gasteiger partial charge is 0.509 e. The predicted octanol–water partition coefficient (Wildman–Crippen LogP) is 17.4. The fourth-order valence-corrected chi connectivity index (χ4v) is 11.0. The van der Waals surface area contributed by atoms with E-state index in [9.17, 15) is 2.74 Å². The zero-order chi connectivity index (χ0) is 63.6. The van der Waals surface area contributed by atoms with Crippen LogP contribution in [0.1, 0.15) is 99.7 Å². The molecule has 8 nitrogen and oxygen atoms in total. The Labute approximate surface area is 521 Å². The van der Waals surface area contributed by atoms with Crippen LogP contribution < -0.4 is 25.2 Å². The molecule has 0 fully saturated rings. The first kappa shape index (κ1) is 49.0. The number of aryl methyl sites for hydroxylation is 1. The van der Waals surface area contributed by atoms with E-state index in [0.717, 1.165) is 71.5 Å². The van der Waals surface area contributed by atoms with Gasteiger partial charge in [0.25, 0.3) is 0 Å². The van der Waals surface area contributed by atoms with Crippen LogP contribution in [0, 0.1) is 18.8 Å². The Kier molecular flexibility index (Phi) is 13.6. The molecular weight excluding hydrogens is 1210 g/mol. The fraction of sp³-hybridized carbons (Fsp3) is 0.178. The van der Waals surface area contributed by atoms with Crippen LogP contribution in [-0.2, 0) is 44.3 Å². The number of fused-ring (bicyclic) bond motifs is 5. The van der Waals surface area contributed by atoms with Crippen molar-refractivity contribution in [3.05, 3.63) is 259 Å². The van der Waals surface area contributed by atoms with Gasteiger partial charge in [-0.25, -0.2) is 4.98 Å². The van der Waals surface area contributed by atoms with E-state index in [4.69, 9.17) is 16.6 Å². The number of hydrogen-bond donors (Lipinski definition) is 2. The number of benzene rings is 7. The molecule has 9 aromatic rings. The minimum atomic E-state index is -2.75. The van der Waals surface area contributed by atoms with Crippen LogP contribution >= 0.6 is 0 Å². The van der Waals surface area contributed by atoms with Crippen LogP contribution in [0.3, 0.4) is 0 Å². The molecule has 7 aromatic carbocycles. The topological polar surface area (TPSA) is 62.5 Å². The zero-order valence-corrected chi connectivity index (χ0v) is 50.9. The van der Waals surface area contributed by atoms with Crippen LogP contribution in [0.15, 0.2) is 213 Å². The summed E-state index contributed by atoms with van der Waals surface area (Å²) in [4.78, 5) is 9.32. The summed E-state index contributed by atoms with van der Waals surface area (Å²) in [5, 5.41) is 7.10. The van der Waals surface area contributed by atoms with Gasteiger partial charge in [0.1, 0.15) is 0 Å². The predicted molar refractivity (Wildman–Crippen MR) is 351 cm³/mol. The Morgan fingerprint density at radius 2 is 1.23 bits per heavy atom. The summed E-state index contributed by atoms with van der Waals surface area (Å²) < 4.78 is 72.4. The van der Waals surface area contributed by atoms with Crippen molar-refractivity contribution in [3.8, 4) is 28.6 Å². The van der Waals surface area contributed by atoms with Gasteiger partial charge >= 0.3 is 0 Å². The van der Waals surface area contributed by atoms with Gasteiger partial charge < -0.3 is 34.3 Å². The first-order chi connectivity index (χ1) is 42.9. The number of rotatable bonds is 8. The van der Waals surface area contributed by atoms with Gasteiger partial charge in [0.05, 0.1) is 16.5 Å². The van der Waals surface area contributed by atoms with E-state index in [2.05, 4.69) is 195 Å². The molecule has 0 saturated heterocycles. The SMILES string of the molecule is [2H]c1c([2H])c([2H])c2c(c1[2H])c1ccc(Oc3[c-]c(N4[CH-]N(c5c(/C6=C/C=C\N/C=C\C=C/[B]6)cc(C(C)(C)C)cc5/C5=C/C=C\N/C=C\C=C/[B]5)c5ccccc54)cc(-c4c(C(C)(C)C)cccc4C(C)(C)C)c3)[c-]c1n2-c1nc2ccccc2n1C([2H])([2H])[2H].[Pt]. The van der Waals surface area contributed by atoms with Crippen molar-refractivity contribution in [1.29, 1.82) is 0 Å². The van der Waals surface area contributed by atoms with Crippen molar-refractivity contribution in [2.45, 2.75) is 78.6 Å². The van der Waals surface area contributed by atoms with Gasteiger partial charge in [-0.3, -0.25) is 0 Å². The molecule has 12 rings (SSSR count). The van der Waals surface area contributed by atoms with Crippen LogP contribution in [-0.4, -0.2) is 28.7 Å². The monoisotopic (exact) mass is 1280 g/mol. The Hall–Kier alpha value is -8.45. The van der Waals surface area contributed by atoms with Gasteiger partial charge in [-0.15, -0.1) is 65.6 Å². The van der Waals surface area contributed by atoms with Crippen LogP contribution in [0.2, 0.25) is 0 Å². The van der Waals surface area contributed by atoms with Crippen LogP contribution in [0.5, 0.6) is 11.5 Å². The van der Waals surface area contributed by atoms with E-state index in [-0.39, 0.29) is 77.5 Å². The smallest absolute Gasteiger partial charge is 0.213 e. The zero-order valence-electron chi connectivity index (χ0n) is 55.6. The van der Waals surface area contributed by atoms with E-state index in [1.165, 1.54) is 4.57 Å². The van der Waals surface area contributed by atoms with Crippen molar-refractivity contribution >= 4 is 81.1 Å². The van der Waals surface area contributed by atoms with Gasteiger partial charge in [-0.05, 0) is 122 Å². The summed E-state index contributed by atoms with van der Waals surface area (Å²) >= 11 is 0. The van der Waals surface area contributed by atoms with Gasteiger partial charge in [-0.1, -0.05) is 164 Å². The summed E-state index contributed by atoms with van der Waals surface area (Å²) in [5.74, 6) is 4.61. The first-order valence-corrected chi connectivity index (χ1v) is 28.0. The molecule has 0 aliphatic carbocycles. The maximum atomic E-state index is 9.34. The first-order valence-electron chi connectivity index (χ1n) is 31.5. The van der Waals surface area contributed by atoms with Gasteiger partial charge in [0.2, 0.25) is 5.95 Å². The fourth-order valence-electron chi connectivity index (χ4n) is 11.0. The minimum absolute atomic E-state index is 0. The second kappa shape index (κ2) is 23.3. The Bertz CT molecular complexity index is 4520. The number of allylic oxidation sites excluding steroid dienone is 8. The summed E-state index contributed by atoms with van der Waals surface area (Å²) in [6.45, 7) is 19.5. The second-order valence-corrected chi connectivity index (χ2v) is 24.0. The van der Waals surface area contributed by atoms with E-state index in [1.54, 1.807) is 36.4 Å². The summed E-state index contributed by atoms with van der Waals surface area (Å²) in [6, 6.07) is 39.7. The van der Waals surface area contributed by atoms with Crippen molar-refractivity contribution in [2.75, 3.05) is 9.80 Å². The number of ether oxygens (including phenoxy) is 1. The number of hydrogen-bond acceptors (Lipinski definition) is 6. The quantitative estimate of drug-likeness (QED) is 0.117. The molecular formula is C73H68B2N7OPt-3. The number of nitrogens with zero attached hydrogens (tertiary/aromatic N) is 5. The Morgan fingerprint density at radius 1 is 0.607 bits per heavy atom. The molecule has 0 unspecified atom stereocenters. The van der Waals surface area contributed by atoms with E-state index in [1.807, 2.05) is 73.4 Å². The molecule has 0 saturated carbocycles. The maximum Gasteiger partial charge on any atom is 0.213 e. The second-order valence-electron chi connectivity index (χ2n) is 24.0. The van der Waals surface area contributed by atoms with Crippen LogP contribution in [0.25, 0.3) is 60.9 Å². The molecule has 84 heavy (non-hydrogen) atoms.